The monoisotopic (exact) mass is 601 g/mol. The Balaban J connectivity index is 1.33. The largest absolute Gasteiger partial charge is 0.493 e. The number of H-pyrrole nitrogens is 1. The number of nitrogens with zero attached hydrogens (tertiary/aromatic N) is 7. The fourth-order valence-corrected chi connectivity index (χ4v) is 5.25. The molecule has 12 heteroatoms. The minimum atomic E-state index is -0.0232. The van der Waals surface area contributed by atoms with Crippen molar-refractivity contribution in [2.45, 2.75) is 30.9 Å². The summed E-state index contributed by atoms with van der Waals surface area (Å²) in [6.45, 7) is 6.83. The molecule has 4 aromatic rings. The molecule has 4 heterocycles. The molecule has 1 aliphatic rings. The lowest BCUT2D eigenvalue weighted by Gasteiger charge is -2.41. The molecule has 1 aromatic carbocycles. The number of rotatable bonds is 7. The first-order chi connectivity index (χ1) is 17.5. The van der Waals surface area contributed by atoms with Crippen molar-refractivity contribution in [3.8, 4) is 17.3 Å². The molecule has 0 bridgehead atoms. The maximum atomic E-state index is 13.4. The molecule has 11 nitrogen and oxygen atoms in total. The molecule has 0 saturated carbocycles. The van der Waals surface area contributed by atoms with Crippen LogP contribution in [0.15, 0.2) is 36.9 Å². The summed E-state index contributed by atoms with van der Waals surface area (Å²) in [7, 11) is 0. The summed E-state index contributed by atoms with van der Waals surface area (Å²) in [6.07, 6.45) is 4.73. The quantitative estimate of drug-likeness (QED) is 0.244. The van der Waals surface area contributed by atoms with E-state index < -0.39 is 0 Å². The van der Waals surface area contributed by atoms with Crippen LogP contribution in [0.5, 0.6) is 5.75 Å². The van der Waals surface area contributed by atoms with E-state index in [0.717, 1.165) is 29.0 Å². The number of halogens is 1. The van der Waals surface area contributed by atoms with E-state index in [1.807, 2.05) is 11.8 Å². The minimum absolute atomic E-state index is 0.0232. The summed E-state index contributed by atoms with van der Waals surface area (Å²) < 4.78 is 8.33. The molecule has 1 saturated heterocycles. The Bertz CT molecular complexity index is 1370. The second kappa shape index (κ2) is 10.3. The number of anilines is 2. The Morgan fingerprint density at radius 3 is 2.86 bits per heavy atom. The second-order valence-corrected chi connectivity index (χ2v) is 9.41. The Morgan fingerprint density at radius 2 is 2.14 bits per heavy atom. The van der Waals surface area contributed by atoms with Gasteiger partial charge >= 0.3 is 0 Å². The number of ether oxygens (including phenoxy) is 1. The molecular weight excluding hydrogens is 573 g/mol. The minimum Gasteiger partial charge on any atom is -0.493 e. The molecule has 1 amide bonds. The number of imidazole rings is 1. The van der Waals surface area contributed by atoms with E-state index in [4.69, 9.17) is 10.5 Å². The standard InChI is InChI=1S/C24H28IN9O2/c1-3-36-18-10-17(5-4-16(18)11-25)32-8-9-33(15(2)12-32)19(35)13-34-24-20(22(26)29-14-30-24)21(31-34)23-27-6-7-28-23/h4-7,10,14-15H,3,8-9,11-13H2,1-2H3,(H,27,28)(H2,26,29,30)/t15-/m0/s1. The summed E-state index contributed by atoms with van der Waals surface area (Å²) >= 11 is 2.35. The van der Waals surface area contributed by atoms with Gasteiger partial charge in [0.2, 0.25) is 5.91 Å². The highest BCUT2D eigenvalue weighted by molar-refractivity contribution is 14.1. The smallest absolute Gasteiger partial charge is 0.244 e. The second-order valence-electron chi connectivity index (χ2n) is 8.64. The fourth-order valence-electron chi connectivity index (χ4n) is 4.62. The van der Waals surface area contributed by atoms with Crippen LogP contribution >= 0.6 is 22.6 Å². The van der Waals surface area contributed by atoms with E-state index in [0.29, 0.717) is 41.5 Å². The number of hydrogen-bond donors (Lipinski definition) is 2. The van der Waals surface area contributed by atoms with Crippen LogP contribution in [0.25, 0.3) is 22.6 Å². The SMILES string of the molecule is CCOc1cc(N2CCN(C(=O)Cn3nc(-c4ncc[nH]4)c4c(N)ncnc43)[C@@H](C)C2)ccc1CI. The molecule has 3 N–H and O–H groups in total. The van der Waals surface area contributed by atoms with Gasteiger partial charge in [-0.25, -0.2) is 19.6 Å². The average molecular weight is 601 g/mol. The van der Waals surface area contributed by atoms with Crippen LogP contribution < -0.4 is 15.4 Å². The Hall–Kier alpha value is -3.42. The van der Waals surface area contributed by atoms with Gasteiger partial charge in [0.15, 0.2) is 11.5 Å². The average Bonchev–Trinajstić information content (AvgIpc) is 3.53. The lowest BCUT2D eigenvalue weighted by Crippen LogP contribution is -2.54. The van der Waals surface area contributed by atoms with Crippen LogP contribution in [0.2, 0.25) is 0 Å². The number of aromatic amines is 1. The van der Waals surface area contributed by atoms with Crippen molar-refractivity contribution in [1.29, 1.82) is 0 Å². The van der Waals surface area contributed by atoms with Crippen molar-refractivity contribution in [3.05, 3.63) is 42.5 Å². The molecule has 1 aliphatic heterocycles. The van der Waals surface area contributed by atoms with E-state index in [1.165, 1.54) is 11.9 Å². The number of nitrogens with one attached hydrogen (secondary N) is 1. The van der Waals surface area contributed by atoms with Gasteiger partial charge in [0, 0.05) is 59.8 Å². The third-order valence-electron chi connectivity index (χ3n) is 6.37. The van der Waals surface area contributed by atoms with Crippen molar-refractivity contribution in [1.82, 2.24) is 34.6 Å². The predicted molar refractivity (Wildman–Crippen MR) is 146 cm³/mol. The number of benzene rings is 1. The Kier molecular flexibility index (Phi) is 6.94. The Labute approximate surface area is 222 Å². The number of piperazine rings is 1. The summed E-state index contributed by atoms with van der Waals surface area (Å²) in [5, 5.41) is 5.21. The highest BCUT2D eigenvalue weighted by atomic mass is 127. The zero-order valence-corrected chi connectivity index (χ0v) is 22.3. The van der Waals surface area contributed by atoms with Crippen LogP contribution in [0.3, 0.4) is 0 Å². The first kappa shape index (κ1) is 24.3. The molecule has 188 valence electrons. The lowest BCUT2D eigenvalue weighted by molar-refractivity contribution is -0.134. The van der Waals surface area contributed by atoms with Crippen molar-refractivity contribution >= 4 is 51.0 Å². The van der Waals surface area contributed by atoms with Gasteiger partial charge in [0.25, 0.3) is 0 Å². The van der Waals surface area contributed by atoms with Crippen LogP contribution in [0.4, 0.5) is 11.5 Å². The number of hydrogen-bond acceptors (Lipinski definition) is 8. The third-order valence-corrected chi connectivity index (χ3v) is 7.20. The molecule has 1 fully saturated rings. The van der Waals surface area contributed by atoms with Crippen LogP contribution in [-0.4, -0.2) is 72.8 Å². The molecule has 0 unspecified atom stereocenters. The molecule has 0 radical (unpaired) electrons. The van der Waals surface area contributed by atoms with E-state index in [1.54, 1.807) is 17.1 Å². The number of nitrogens with two attached hydrogens (primary N) is 1. The normalized spacial score (nSPS) is 16.0. The molecule has 3 aromatic heterocycles. The van der Waals surface area contributed by atoms with Crippen molar-refractivity contribution in [2.24, 2.45) is 0 Å². The highest BCUT2D eigenvalue weighted by Gasteiger charge is 2.29. The summed E-state index contributed by atoms with van der Waals surface area (Å²) in [5.74, 6) is 1.75. The summed E-state index contributed by atoms with van der Waals surface area (Å²) in [5.41, 5.74) is 9.47. The van der Waals surface area contributed by atoms with Gasteiger partial charge < -0.3 is 25.3 Å². The van der Waals surface area contributed by atoms with Crippen LogP contribution in [0, 0.1) is 0 Å². The van der Waals surface area contributed by atoms with Gasteiger partial charge in [-0.1, -0.05) is 28.7 Å². The summed E-state index contributed by atoms with van der Waals surface area (Å²) in [6, 6.07) is 6.40. The molecule has 0 spiro atoms. The number of alkyl halides is 1. The number of carbonyl (C=O) groups is 1. The van der Waals surface area contributed by atoms with Crippen LogP contribution in [-0.2, 0) is 15.8 Å². The van der Waals surface area contributed by atoms with Crippen molar-refractivity contribution in [2.75, 3.05) is 36.9 Å². The van der Waals surface area contributed by atoms with Gasteiger partial charge in [0.05, 0.1) is 12.0 Å². The molecule has 0 aliphatic carbocycles. The predicted octanol–water partition coefficient (Wildman–Crippen LogP) is 2.87. The van der Waals surface area contributed by atoms with Gasteiger partial charge in [0.1, 0.15) is 30.1 Å². The number of nitrogen functional groups attached to an aromatic ring is 1. The van der Waals surface area contributed by atoms with Crippen molar-refractivity contribution in [3.63, 3.8) is 0 Å². The van der Waals surface area contributed by atoms with E-state index in [2.05, 4.69) is 77.6 Å². The van der Waals surface area contributed by atoms with E-state index in [9.17, 15) is 4.79 Å². The fraction of sp³-hybridized carbons (Fsp3) is 0.375. The molecule has 1 atom stereocenters. The number of carbonyl (C=O) groups excluding carboxylic acids is 1. The zero-order chi connectivity index (χ0) is 25.2. The van der Waals surface area contributed by atoms with Gasteiger partial charge in [-0.05, 0) is 19.9 Å². The van der Waals surface area contributed by atoms with E-state index in [-0.39, 0.29) is 18.5 Å². The maximum absolute atomic E-state index is 13.4. The first-order valence-electron chi connectivity index (χ1n) is 11.8. The van der Waals surface area contributed by atoms with Gasteiger partial charge in [-0.2, -0.15) is 5.10 Å². The van der Waals surface area contributed by atoms with Crippen LogP contribution in [0.1, 0.15) is 19.4 Å². The first-order valence-corrected chi connectivity index (χ1v) is 13.4. The molecular formula is C24H28IN9O2. The molecule has 36 heavy (non-hydrogen) atoms. The van der Waals surface area contributed by atoms with Gasteiger partial charge in [-0.15, -0.1) is 0 Å². The zero-order valence-electron chi connectivity index (χ0n) is 20.2. The Morgan fingerprint density at radius 1 is 1.28 bits per heavy atom. The maximum Gasteiger partial charge on any atom is 0.244 e. The number of aromatic nitrogens is 6. The van der Waals surface area contributed by atoms with Gasteiger partial charge in [-0.3, -0.25) is 4.79 Å². The lowest BCUT2D eigenvalue weighted by atomic mass is 10.1. The number of amides is 1. The third kappa shape index (κ3) is 4.56. The van der Waals surface area contributed by atoms with E-state index >= 15 is 0 Å². The summed E-state index contributed by atoms with van der Waals surface area (Å²) in [4.78, 5) is 33.4. The topological polar surface area (TPSA) is 131 Å². The van der Waals surface area contributed by atoms with Crippen molar-refractivity contribution < 1.29 is 9.53 Å². The number of fused-ring (bicyclic) bond motifs is 1. The highest BCUT2D eigenvalue weighted by Crippen LogP contribution is 2.30. The molecule has 5 rings (SSSR count).